The first-order chi connectivity index (χ1) is 18.6. The highest BCUT2D eigenvalue weighted by molar-refractivity contribution is 7.90. The lowest BCUT2D eigenvalue weighted by Gasteiger charge is -2.18. The number of nitriles is 1. The summed E-state index contributed by atoms with van der Waals surface area (Å²) in [7, 11) is -4.07. The van der Waals surface area contributed by atoms with Crippen molar-refractivity contribution >= 4 is 21.7 Å². The topological polar surface area (TPSA) is 182 Å². The van der Waals surface area contributed by atoms with Gasteiger partial charge in [-0.2, -0.15) is 27.5 Å². The van der Waals surface area contributed by atoms with Gasteiger partial charge in [-0.05, 0) is 32.0 Å². The van der Waals surface area contributed by atoms with E-state index >= 15 is 0 Å². The van der Waals surface area contributed by atoms with Crippen LogP contribution in [0.2, 0.25) is 0 Å². The fourth-order valence-corrected chi connectivity index (χ4v) is 3.83. The molecule has 0 aliphatic rings. The zero-order chi connectivity index (χ0) is 29.8. The van der Waals surface area contributed by atoms with Crippen molar-refractivity contribution in [2.45, 2.75) is 37.3 Å². The maximum atomic E-state index is 13.5. The number of carbonyl (C=O) groups excluding carboxylic acids is 2. The van der Waals surface area contributed by atoms with Gasteiger partial charge in [-0.15, -0.1) is 5.10 Å². The van der Waals surface area contributed by atoms with E-state index in [-0.39, 0.29) is 29.7 Å². The molecule has 0 fully saturated rings. The Morgan fingerprint density at radius 3 is 2.45 bits per heavy atom. The molecule has 2 N–H and O–H groups in total. The largest absolute Gasteiger partial charge is 0.461 e. The van der Waals surface area contributed by atoms with Gasteiger partial charge in [0.15, 0.2) is 21.5 Å². The number of sulfone groups is 1. The van der Waals surface area contributed by atoms with Gasteiger partial charge in [0.05, 0.1) is 29.4 Å². The second kappa shape index (κ2) is 11.6. The Hall–Kier alpha value is -4.66. The van der Waals surface area contributed by atoms with E-state index in [0.29, 0.717) is 12.1 Å². The minimum atomic E-state index is -4.95. The molecular weight excluding hydrogens is 564 g/mol. The number of rotatable bonds is 10. The van der Waals surface area contributed by atoms with Crippen LogP contribution in [0.1, 0.15) is 45.5 Å². The van der Waals surface area contributed by atoms with E-state index in [9.17, 15) is 35.6 Å². The van der Waals surface area contributed by atoms with E-state index in [0.717, 1.165) is 18.5 Å². The molecule has 18 heteroatoms. The maximum Gasteiger partial charge on any atom is 0.461 e. The third-order valence-electron chi connectivity index (χ3n) is 4.97. The van der Waals surface area contributed by atoms with E-state index in [1.54, 1.807) is 6.07 Å². The first kappa shape index (κ1) is 29.9. The molecule has 212 valence electrons. The molecule has 0 aliphatic heterocycles. The molecule has 1 atom stereocenters. The summed E-state index contributed by atoms with van der Waals surface area (Å²) >= 11 is 0. The van der Waals surface area contributed by atoms with Crippen LogP contribution in [0.4, 0.5) is 17.6 Å². The Balaban J connectivity index is 1.89. The monoisotopic (exact) mass is 584 g/mol. The molecule has 2 amide bonds. The van der Waals surface area contributed by atoms with Gasteiger partial charge in [0.1, 0.15) is 23.8 Å². The Labute approximate surface area is 224 Å². The standard InChI is InChI=1S/C22H20F4N8O5S/c1-11(18-32-12(2)33-34(18)17-10-29-16(9-30-17)20(36)28-5-4-27)31-19(35)13-6-14(39-22(25,26)21(23)24)8-15(7-13)40(3,37)38/h6-11,21H,5H2,1-3H3,(H,28,36)(H,31,35)/t11-/m0/s1. The van der Waals surface area contributed by atoms with Crippen molar-refractivity contribution in [2.24, 2.45) is 0 Å². The number of alkyl halides is 4. The summed E-state index contributed by atoms with van der Waals surface area (Å²) in [6, 6.07) is 2.93. The van der Waals surface area contributed by atoms with Crippen molar-refractivity contribution in [3.63, 3.8) is 0 Å². The lowest BCUT2D eigenvalue weighted by Crippen LogP contribution is -2.33. The van der Waals surface area contributed by atoms with Crippen molar-refractivity contribution in [1.82, 2.24) is 35.4 Å². The summed E-state index contributed by atoms with van der Waals surface area (Å²) < 4.78 is 81.4. The number of hydrogen-bond donors (Lipinski definition) is 2. The van der Waals surface area contributed by atoms with Crippen LogP contribution in [0.5, 0.6) is 5.75 Å². The molecule has 3 aromatic rings. The summed E-state index contributed by atoms with van der Waals surface area (Å²) in [6.07, 6.45) is -6.12. The van der Waals surface area contributed by atoms with Crippen LogP contribution in [-0.2, 0) is 9.84 Å². The SMILES string of the molecule is Cc1nc([C@H](C)NC(=O)c2cc(OC(F)(F)C(F)F)cc(S(C)(=O)=O)c2)n(-c2cnc(C(=O)NCC#N)cn2)n1. The number of aromatic nitrogens is 5. The van der Waals surface area contributed by atoms with E-state index in [1.807, 2.05) is 0 Å². The number of benzene rings is 1. The Bertz CT molecular complexity index is 1570. The maximum absolute atomic E-state index is 13.5. The van der Waals surface area contributed by atoms with E-state index in [4.69, 9.17) is 5.26 Å². The molecule has 1 aromatic carbocycles. The minimum Gasteiger partial charge on any atom is -0.428 e. The molecule has 2 heterocycles. The quantitative estimate of drug-likeness (QED) is 0.263. The number of ether oxygens (including phenoxy) is 1. The Morgan fingerprint density at radius 2 is 1.88 bits per heavy atom. The van der Waals surface area contributed by atoms with Gasteiger partial charge in [-0.3, -0.25) is 9.59 Å². The van der Waals surface area contributed by atoms with E-state index in [1.165, 1.54) is 24.7 Å². The second-order valence-electron chi connectivity index (χ2n) is 8.15. The summed E-state index contributed by atoms with van der Waals surface area (Å²) in [5.74, 6) is -2.13. The number of hydrogen-bond acceptors (Lipinski definition) is 10. The summed E-state index contributed by atoms with van der Waals surface area (Å²) in [5.41, 5.74) is -0.565. The zero-order valence-corrected chi connectivity index (χ0v) is 21.7. The van der Waals surface area contributed by atoms with Crippen molar-refractivity contribution in [2.75, 3.05) is 12.8 Å². The fraction of sp³-hybridized carbons (Fsp3) is 0.318. The average molecular weight is 585 g/mol. The van der Waals surface area contributed by atoms with Crippen molar-refractivity contribution < 1.29 is 40.3 Å². The number of carbonyl (C=O) groups is 2. The molecule has 0 bridgehead atoms. The smallest absolute Gasteiger partial charge is 0.428 e. The summed E-state index contributed by atoms with van der Waals surface area (Å²) in [6.45, 7) is 2.77. The van der Waals surface area contributed by atoms with Crippen LogP contribution in [-0.4, -0.2) is 70.3 Å². The molecule has 0 unspecified atom stereocenters. The van der Waals surface area contributed by atoms with Gasteiger partial charge in [0.25, 0.3) is 11.8 Å². The summed E-state index contributed by atoms with van der Waals surface area (Å²) in [5, 5.41) is 17.5. The molecular formula is C22H20F4N8O5S. The lowest BCUT2D eigenvalue weighted by atomic mass is 10.2. The third-order valence-corrected chi connectivity index (χ3v) is 6.06. The van der Waals surface area contributed by atoms with E-state index < -0.39 is 56.4 Å². The van der Waals surface area contributed by atoms with Crippen LogP contribution < -0.4 is 15.4 Å². The first-order valence-electron chi connectivity index (χ1n) is 11.0. The number of nitrogens with zero attached hydrogens (tertiary/aromatic N) is 6. The predicted octanol–water partition coefficient (Wildman–Crippen LogP) is 1.75. The first-order valence-corrected chi connectivity index (χ1v) is 12.9. The molecule has 40 heavy (non-hydrogen) atoms. The fourth-order valence-electron chi connectivity index (χ4n) is 3.16. The molecule has 0 saturated heterocycles. The molecule has 0 spiro atoms. The molecule has 2 aromatic heterocycles. The lowest BCUT2D eigenvalue weighted by molar-refractivity contribution is -0.253. The normalized spacial score (nSPS) is 12.5. The minimum absolute atomic E-state index is 0.0834. The number of halogens is 4. The number of aryl methyl sites for hydroxylation is 1. The van der Waals surface area contributed by atoms with Crippen LogP contribution in [0, 0.1) is 18.3 Å². The van der Waals surface area contributed by atoms with E-state index in [2.05, 4.69) is 35.4 Å². The summed E-state index contributed by atoms with van der Waals surface area (Å²) in [4.78, 5) is 36.6. The zero-order valence-electron chi connectivity index (χ0n) is 20.9. The van der Waals surface area contributed by atoms with Crippen LogP contribution in [0.25, 0.3) is 5.82 Å². The molecule has 0 saturated carbocycles. The van der Waals surface area contributed by atoms with Gasteiger partial charge in [-0.25, -0.2) is 23.4 Å². The van der Waals surface area contributed by atoms with Crippen molar-refractivity contribution in [3.05, 3.63) is 53.5 Å². The van der Waals surface area contributed by atoms with Crippen LogP contribution in [0.15, 0.2) is 35.5 Å². The van der Waals surface area contributed by atoms with Gasteiger partial charge in [0.2, 0.25) is 0 Å². The van der Waals surface area contributed by atoms with Gasteiger partial charge in [0, 0.05) is 11.8 Å². The number of amides is 2. The highest BCUT2D eigenvalue weighted by atomic mass is 32.2. The molecule has 0 aliphatic carbocycles. The van der Waals surface area contributed by atoms with Crippen LogP contribution >= 0.6 is 0 Å². The highest BCUT2D eigenvalue weighted by Crippen LogP contribution is 2.30. The molecule has 13 nitrogen and oxygen atoms in total. The second-order valence-corrected chi connectivity index (χ2v) is 10.2. The van der Waals surface area contributed by atoms with Gasteiger partial charge in [-0.1, -0.05) is 0 Å². The highest BCUT2D eigenvalue weighted by Gasteiger charge is 2.44. The van der Waals surface area contributed by atoms with Crippen molar-refractivity contribution in [1.29, 1.82) is 5.26 Å². The average Bonchev–Trinajstić information content (AvgIpc) is 3.28. The van der Waals surface area contributed by atoms with Crippen molar-refractivity contribution in [3.8, 4) is 17.6 Å². The predicted molar refractivity (Wildman–Crippen MR) is 127 cm³/mol. The number of nitrogens with one attached hydrogen (secondary N) is 2. The van der Waals surface area contributed by atoms with Gasteiger partial charge >= 0.3 is 12.5 Å². The molecule has 3 rings (SSSR count). The third kappa shape index (κ3) is 7.05. The Morgan fingerprint density at radius 1 is 1.18 bits per heavy atom. The molecule has 0 radical (unpaired) electrons. The van der Waals surface area contributed by atoms with Gasteiger partial charge < -0.3 is 15.4 Å². The van der Waals surface area contributed by atoms with Crippen LogP contribution in [0.3, 0.4) is 0 Å². The Kier molecular flexibility index (Phi) is 8.68.